The zero-order chi connectivity index (χ0) is 12.8. The molecule has 1 heterocycles. The summed E-state index contributed by atoms with van der Waals surface area (Å²) in [4.78, 5) is 4.29. The normalized spacial score (nSPS) is 12.1. The quantitative estimate of drug-likeness (QED) is 0.875. The van der Waals surface area contributed by atoms with E-state index in [2.05, 4.69) is 23.3 Å². The van der Waals surface area contributed by atoms with Gasteiger partial charge in [-0.15, -0.1) is 0 Å². The molecule has 0 unspecified atom stereocenters. The van der Waals surface area contributed by atoms with Gasteiger partial charge in [0.05, 0.1) is 12.8 Å². The zero-order valence-corrected chi connectivity index (χ0v) is 10.8. The van der Waals surface area contributed by atoms with Crippen molar-refractivity contribution in [3.8, 4) is 5.75 Å². The van der Waals surface area contributed by atoms with Gasteiger partial charge in [0, 0.05) is 24.3 Å². The van der Waals surface area contributed by atoms with E-state index in [1.54, 1.807) is 7.11 Å². The Morgan fingerprint density at radius 1 is 1.17 bits per heavy atom. The van der Waals surface area contributed by atoms with Crippen LogP contribution in [0.3, 0.4) is 0 Å². The van der Waals surface area contributed by atoms with Crippen molar-refractivity contribution in [3.63, 3.8) is 0 Å². The van der Waals surface area contributed by atoms with Gasteiger partial charge in [-0.3, -0.25) is 4.98 Å². The lowest BCUT2D eigenvalue weighted by Gasteiger charge is -2.16. The van der Waals surface area contributed by atoms with Gasteiger partial charge < -0.3 is 10.1 Å². The molecule has 0 aliphatic carbocycles. The monoisotopic (exact) mass is 242 g/mol. The van der Waals surface area contributed by atoms with Crippen LogP contribution in [-0.2, 0) is 6.54 Å². The minimum atomic E-state index is 0.225. The Morgan fingerprint density at radius 3 is 2.67 bits per heavy atom. The summed E-state index contributed by atoms with van der Waals surface area (Å²) in [7, 11) is 1.70. The molecule has 1 N–H and O–H groups in total. The number of nitrogens with one attached hydrogen (secondary N) is 1. The molecule has 0 spiro atoms. The number of para-hydroxylation sites is 1. The number of pyridine rings is 1. The summed E-state index contributed by atoms with van der Waals surface area (Å²) in [6.07, 6.45) is 1.81. The predicted molar refractivity (Wildman–Crippen MR) is 72.5 cm³/mol. The van der Waals surface area contributed by atoms with Crippen molar-refractivity contribution < 1.29 is 4.74 Å². The Morgan fingerprint density at radius 2 is 1.94 bits per heavy atom. The summed E-state index contributed by atoms with van der Waals surface area (Å²) in [5.41, 5.74) is 2.20. The fraction of sp³-hybridized carbons (Fsp3) is 0.267. The van der Waals surface area contributed by atoms with E-state index in [0.717, 1.165) is 23.6 Å². The topological polar surface area (TPSA) is 34.1 Å². The number of ether oxygens (including phenoxy) is 1. The van der Waals surface area contributed by atoms with Crippen molar-refractivity contribution in [1.82, 2.24) is 10.3 Å². The third-order valence-corrected chi connectivity index (χ3v) is 2.92. The van der Waals surface area contributed by atoms with Crippen LogP contribution in [0.1, 0.15) is 24.2 Å². The SMILES string of the molecule is COc1ccccc1[C@@H](C)NCc1ccccn1. The molecular weight excluding hydrogens is 224 g/mol. The highest BCUT2D eigenvalue weighted by Crippen LogP contribution is 2.24. The summed E-state index contributed by atoms with van der Waals surface area (Å²) in [5.74, 6) is 0.915. The fourth-order valence-electron chi connectivity index (χ4n) is 1.89. The molecule has 0 saturated carbocycles. The molecule has 2 aromatic rings. The summed E-state index contributed by atoms with van der Waals surface area (Å²) in [6.45, 7) is 2.88. The van der Waals surface area contributed by atoms with E-state index in [9.17, 15) is 0 Å². The van der Waals surface area contributed by atoms with Crippen molar-refractivity contribution >= 4 is 0 Å². The number of rotatable bonds is 5. The molecule has 94 valence electrons. The molecule has 0 fully saturated rings. The minimum absolute atomic E-state index is 0.225. The van der Waals surface area contributed by atoms with Gasteiger partial charge in [-0.05, 0) is 25.1 Å². The van der Waals surface area contributed by atoms with E-state index in [1.807, 2.05) is 42.6 Å². The highest BCUT2D eigenvalue weighted by atomic mass is 16.5. The maximum atomic E-state index is 5.36. The van der Waals surface area contributed by atoms with Gasteiger partial charge in [-0.2, -0.15) is 0 Å². The van der Waals surface area contributed by atoms with Crippen LogP contribution in [0.15, 0.2) is 48.7 Å². The third-order valence-electron chi connectivity index (χ3n) is 2.92. The van der Waals surface area contributed by atoms with Gasteiger partial charge in [0.1, 0.15) is 5.75 Å². The van der Waals surface area contributed by atoms with Crippen LogP contribution >= 0.6 is 0 Å². The van der Waals surface area contributed by atoms with E-state index < -0.39 is 0 Å². The minimum Gasteiger partial charge on any atom is -0.496 e. The number of hydrogen-bond donors (Lipinski definition) is 1. The van der Waals surface area contributed by atoms with Crippen molar-refractivity contribution in [1.29, 1.82) is 0 Å². The average molecular weight is 242 g/mol. The fourth-order valence-corrected chi connectivity index (χ4v) is 1.89. The summed E-state index contributed by atoms with van der Waals surface area (Å²) < 4.78 is 5.36. The lowest BCUT2D eigenvalue weighted by Crippen LogP contribution is -2.19. The first kappa shape index (κ1) is 12.6. The number of methoxy groups -OCH3 is 1. The van der Waals surface area contributed by atoms with E-state index in [1.165, 1.54) is 0 Å². The Labute approximate surface area is 108 Å². The van der Waals surface area contributed by atoms with Gasteiger partial charge >= 0.3 is 0 Å². The van der Waals surface area contributed by atoms with E-state index in [4.69, 9.17) is 4.74 Å². The van der Waals surface area contributed by atoms with Crippen LogP contribution < -0.4 is 10.1 Å². The molecule has 3 heteroatoms. The smallest absolute Gasteiger partial charge is 0.123 e. The number of benzene rings is 1. The molecule has 0 aliphatic heterocycles. The van der Waals surface area contributed by atoms with Gasteiger partial charge in [-0.25, -0.2) is 0 Å². The van der Waals surface area contributed by atoms with E-state index >= 15 is 0 Å². The van der Waals surface area contributed by atoms with Crippen LogP contribution in [-0.4, -0.2) is 12.1 Å². The van der Waals surface area contributed by atoms with Crippen molar-refractivity contribution in [2.24, 2.45) is 0 Å². The van der Waals surface area contributed by atoms with Crippen LogP contribution in [0.5, 0.6) is 5.75 Å². The third kappa shape index (κ3) is 3.08. The second-order valence-corrected chi connectivity index (χ2v) is 4.17. The average Bonchev–Trinajstić information content (AvgIpc) is 2.45. The van der Waals surface area contributed by atoms with E-state index in [-0.39, 0.29) is 6.04 Å². The van der Waals surface area contributed by atoms with Crippen molar-refractivity contribution in [2.45, 2.75) is 19.5 Å². The Kier molecular flexibility index (Phi) is 4.31. The summed E-state index contributed by atoms with van der Waals surface area (Å²) >= 11 is 0. The van der Waals surface area contributed by atoms with E-state index in [0.29, 0.717) is 0 Å². The van der Waals surface area contributed by atoms with Gasteiger partial charge in [0.15, 0.2) is 0 Å². The molecule has 3 nitrogen and oxygen atoms in total. The Hall–Kier alpha value is -1.87. The second-order valence-electron chi connectivity index (χ2n) is 4.17. The van der Waals surface area contributed by atoms with Crippen molar-refractivity contribution in [3.05, 3.63) is 59.9 Å². The second kappa shape index (κ2) is 6.17. The number of aromatic nitrogens is 1. The van der Waals surface area contributed by atoms with Gasteiger partial charge in [-0.1, -0.05) is 24.3 Å². The molecular formula is C15H18N2O. The summed E-state index contributed by atoms with van der Waals surface area (Å²) in [6, 6.07) is 14.2. The lowest BCUT2D eigenvalue weighted by molar-refractivity contribution is 0.401. The first-order valence-corrected chi connectivity index (χ1v) is 6.07. The first-order chi connectivity index (χ1) is 8.81. The largest absolute Gasteiger partial charge is 0.496 e. The molecule has 2 rings (SSSR count). The van der Waals surface area contributed by atoms with Gasteiger partial charge in [0.2, 0.25) is 0 Å². The molecule has 1 atom stereocenters. The maximum Gasteiger partial charge on any atom is 0.123 e. The van der Waals surface area contributed by atoms with Crippen molar-refractivity contribution in [2.75, 3.05) is 7.11 Å². The zero-order valence-electron chi connectivity index (χ0n) is 10.8. The molecule has 0 amide bonds. The van der Waals surface area contributed by atoms with Crippen LogP contribution in [0.25, 0.3) is 0 Å². The Balaban J connectivity index is 2.01. The highest BCUT2D eigenvalue weighted by molar-refractivity contribution is 5.35. The molecule has 0 radical (unpaired) electrons. The Bertz CT molecular complexity index is 485. The molecule has 1 aromatic carbocycles. The van der Waals surface area contributed by atoms with Crippen LogP contribution in [0.4, 0.5) is 0 Å². The lowest BCUT2D eigenvalue weighted by atomic mass is 10.1. The number of nitrogens with zero attached hydrogens (tertiary/aromatic N) is 1. The standard InChI is InChI=1S/C15H18N2O/c1-12(14-8-3-4-9-15(14)18-2)17-11-13-7-5-6-10-16-13/h3-10,12,17H,11H2,1-2H3/t12-/m1/s1. The molecule has 0 aliphatic rings. The maximum absolute atomic E-state index is 5.36. The molecule has 18 heavy (non-hydrogen) atoms. The summed E-state index contributed by atoms with van der Waals surface area (Å²) in [5, 5.41) is 3.45. The van der Waals surface area contributed by atoms with Crippen LogP contribution in [0.2, 0.25) is 0 Å². The van der Waals surface area contributed by atoms with Crippen LogP contribution in [0, 0.1) is 0 Å². The first-order valence-electron chi connectivity index (χ1n) is 6.07. The predicted octanol–water partition coefficient (Wildman–Crippen LogP) is 2.94. The van der Waals surface area contributed by atoms with Gasteiger partial charge in [0.25, 0.3) is 0 Å². The number of hydrogen-bond acceptors (Lipinski definition) is 3. The molecule has 0 bridgehead atoms. The molecule has 1 aromatic heterocycles. The highest BCUT2D eigenvalue weighted by Gasteiger charge is 2.09. The molecule has 0 saturated heterocycles.